The number of halogens is 1. The maximum absolute atomic E-state index is 12.0. The molecule has 22 heavy (non-hydrogen) atoms. The fraction of sp³-hybridized carbons (Fsp3) is 0.467. The number of anilines is 2. The fourth-order valence-electron chi connectivity index (χ4n) is 2.39. The molecule has 2 amide bonds. The van der Waals surface area contributed by atoms with Gasteiger partial charge in [0.15, 0.2) is 0 Å². The molecule has 0 aliphatic carbocycles. The lowest BCUT2D eigenvalue weighted by molar-refractivity contribution is -0.134. The molecule has 0 saturated carbocycles. The summed E-state index contributed by atoms with van der Waals surface area (Å²) in [7, 11) is 1.54. The molecule has 122 valence electrons. The highest BCUT2D eigenvalue weighted by Gasteiger charge is 2.19. The summed E-state index contributed by atoms with van der Waals surface area (Å²) in [5.41, 5.74) is 6.85. The SMILES string of the molecule is COc1ccc(NC(=O)CN2CCCCCC2=O)cc1N.Cl. The summed E-state index contributed by atoms with van der Waals surface area (Å²) in [5.74, 6) is 0.405. The van der Waals surface area contributed by atoms with Gasteiger partial charge in [-0.15, -0.1) is 12.4 Å². The van der Waals surface area contributed by atoms with E-state index in [0.29, 0.717) is 30.1 Å². The number of nitrogens with one attached hydrogen (secondary N) is 1. The Morgan fingerprint density at radius 2 is 2.14 bits per heavy atom. The third-order valence-corrected chi connectivity index (χ3v) is 3.52. The van der Waals surface area contributed by atoms with Crippen molar-refractivity contribution < 1.29 is 14.3 Å². The maximum atomic E-state index is 12.0. The lowest BCUT2D eigenvalue weighted by Gasteiger charge is -2.19. The molecule has 0 unspecified atom stereocenters. The monoisotopic (exact) mass is 327 g/mol. The van der Waals surface area contributed by atoms with E-state index in [0.717, 1.165) is 19.3 Å². The molecule has 1 fully saturated rings. The van der Waals surface area contributed by atoms with Gasteiger partial charge >= 0.3 is 0 Å². The molecule has 6 nitrogen and oxygen atoms in total. The van der Waals surface area contributed by atoms with Gasteiger partial charge in [0.2, 0.25) is 11.8 Å². The quantitative estimate of drug-likeness (QED) is 0.829. The van der Waals surface area contributed by atoms with Crippen LogP contribution in [0, 0.1) is 0 Å². The number of benzene rings is 1. The largest absolute Gasteiger partial charge is 0.495 e. The Labute approximate surface area is 136 Å². The average molecular weight is 328 g/mol. The van der Waals surface area contributed by atoms with E-state index < -0.39 is 0 Å². The molecule has 1 aromatic carbocycles. The van der Waals surface area contributed by atoms with E-state index in [-0.39, 0.29) is 30.8 Å². The van der Waals surface area contributed by atoms with Crippen LogP contribution in [0.2, 0.25) is 0 Å². The second-order valence-corrected chi connectivity index (χ2v) is 5.13. The zero-order valence-corrected chi connectivity index (χ0v) is 13.4. The van der Waals surface area contributed by atoms with Gasteiger partial charge in [0.05, 0.1) is 19.3 Å². The number of methoxy groups -OCH3 is 1. The van der Waals surface area contributed by atoms with Crippen molar-refractivity contribution in [2.24, 2.45) is 0 Å². The Balaban J connectivity index is 0.00000242. The Morgan fingerprint density at radius 3 is 2.82 bits per heavy atom. The van der Waals surface area contributed by atoms with E-state index in [9.17, 15) is 9.59 Å². The summed E-state index contributed by atoms with van der Waals surface area (Å²) < 4.78 is 5.06. The first-order chi connectivity index (χ1) is 10.1. The number of rotatable bonds is 4. The van der Waals surface area contributed by atoms with Gasteiger partial charge in [-0.2, -0.15) is 0 Å². The zero-order chi connectivity index (χ0) is 15.2. The lowest BCUT2D eigenvalue weighted by atomic mass is 10.2. The second kappa shape index (κ2) is 8.48. The van der Waals surface area contributed by atoms with Crippen LogP contribution in [0.5, 0.6) is 5.75 Å². The molecule has 1 saturated heterocycles. The van der Waals surface area contributed by atoms with Gasteiger partial charge < -0.3 is 20.7 Å². The zero-order valence-electron chi connectivity index (χ0n) is 12.6. The van der Waals surface area contributed by atoms with Crippen molar-refractivity contribution in [3.63, 3.8) is 0 Å². The first-order valence-corrected chi connectivity index (χ1v) is 7.11. The molecule has 0 atom stereocenters. The number of nitrogens with zero attached hydrogens (tertiary/aromatic N) is 1. The van der Waals surface area contributed by atoms with Crippen LogP contribution < -0.4 is 15.8 Å². The lowest BCUT2D eigenvalue weighted by Crippen LogP contribution is -2.37. The van der Waals surface area contributed by atoms with Crippen LogP contribution >= 0.6 is 12.4 Å². The molecule has 0 bridgehead atoms. The summed E-state index contributed by atoms with van der Waals surface area (Å²) in [5, 5.41) is 2.75. The molecular formula is C15H22ClN3O3. The number of carbonyl (C=O) groups excluding carboxylic acids is 2. The number of likely N-dealkylation sites (tertiary alicyclic amines) is 1. The molecule has 3 N–H and O–H groups in total. The molecule has 0 aromatic heterocycles. The number of nitrogen functional groups attached to an aromatic ring is 1. The van der Waals surface area contributed by atoms with Crippen LogP contribution in [-0.2, 0) is 9.59 Å². The van der Waals surface area contributed by atoms with E-state index in [1.54, 1.807) is 23.1 Å². The van der Waals surface area contributed by atoms with Gasteiger partial charge in [0.1, 0.15) is 5.75 Å². The minimum Gasteiger partial charge on any atom is -0.495 e. The van der Waals surface area contributed by atoms with Crippen LogP contribution in [0.15, 0.2) is 18.2 Å². The number of amides is 2. The van der Waals surface area contributed by atoms with Crippen molar-refractivity contribution in [2.45, 2.75) is 25.7 Å². The third-order valence-electron chi connectivity index (χ3n) is 3.52. The minimum absolute atomic E-state index is 0. The summed E-state index contributed by atoms with van der Waals surface area (Å²) in [6, 6.07) is 5.06. The number of ether oxygens (including phenoxy) is 1. The van der Waals surface area contributed by atoms with Gasteiger partial charge in [-0.05, 0) is 31.0 Å². The number of nitrogens with two attached hydrogens (primary N) is 1. The van der Waals surface area contributed by atoms with Crippen molar-refractivity contribution in [3.8, 4) is 5.75 Å². The highest BCUT2D eigenvalue weighted by atomic mass is 35.5. The average Bonchev–Trinajstić information content (AvgIpc) is 2.64. The molecule has 0 spiro atoms. The van der Waals surface area contributed by atoms with Crippen molar-refractivity contribution in [2.75, 3.05) is 31.2 Å². The van der Waals surface area contributed by atoms with Crippen molar-refractivity contribution >= 4 is 35.6 Å². The Morgan fingerprint density at radius 1 is 1.36 bits per heavy atom. The van der Waals surface area contributed by atoms with Gasteiger partial charge in [0.25, 0.3) is 0 Å². The predicted octanol–water partition coefficient (Wildman–Crippen LogP) is 2.04. The third kappa shape index (κ3) is 4.80. The topological polar surface area (TPSA) is 84.7 Å². The number of carbonyl (C=O) groups is 2. The molecule has 1 aromatic rings. The summed E-state index contributed by atoms with van der Waals surface area (Å²) in [6.07, 6.45) is 3.43. The normalized spacial score (nSPS) is 14.8. The van der Waals surface area contributed by atoms with Gasteiger partial charge in [-0.1, -0.05) is 6.42 Å². The highest BCUT2D eigenvalue weighted by molar-refractivity contribution is 5.95. The van der Waals surface area contributed by atoms with Gasteiger partial charge in [-0.25, -0.2) is 0 Å². The van der Waals surface area contributed by atoms with E-state index >= 15 is 0 Å². The minimum atomic E-state index is -0.213. The maximum Gasteiger partial charge on any atom is 0.243 e. The highest BCUT2D eigenvalue weighted by Crippen LogP contribution is 2.24. The first kappa shape index (κ1) is 18.1. The van der Waals surface area contributed by atoms with Crippen LogP contribution in [0.25, 0.3) is 0 Å². The summed E-state index contributed by atoms with van der Waals surface area (Å²) in [6.45, 7) is 0.738. The number of hydrogen-bond donors (Lipinski definition) is 2. The molecule has 1 aliphatic rings. The molecule has 1 heterocycles. The molecular weight excluding hydrogens is 306 g/mol. The Bertz CT molecular complexity index is 537. The van der Waals surface area contributed by atoms with E-state index in [1.165, 1.54) is 7.11 Å². The fourth-order valence-corrected chi connectivity index (χ4v) is 2.39. The molecule has 0 radical (unpaired) electrons. The van der Waals surface area contributed by atoms with Gasteiger partial charge in [-0.3, -0.25) is 9.59 Å². The van der Waals surface area contributed by atoms with Crippen LogP contribution in [-0.4, -0.2) is 36.9 Å². The second-order valence-electron chi connectivity index (χ2n) is 5.13. The number of hydrogen-bond acceptors (Lipinski definition) is 4. The van der Waals surface area contributed by atoms with Crippen molar-refractivity contribution in [1.82, 2.24) is 4.90 Å². The standard InChI is InChI=1S/C15H21N3O3.ClH/c1-21-13-7-6-11(9-12(13)16)17-14(19)10-18-8-4-2-3-5-15(18)20;/h6-7,9H,2-5,8,10,16H2,1H3,(H,17,19);1H. The predicted molar refractivity (Wildman–Crippen MR) is 88.3 cm³/mol. The molecule has 1 aliphatic heterocycles. The van der Waals surface area contributed by atoms with E-state index in [4.69, 9.17) is 10.5 Å². The van der Waals surface area contributed by atoms with Crippen molar-refractivity contribution in [3.05, 3.63) is 18.2 Å². The summed E-state index contributed by atoms with van der Waals surface area (Å²) >= 11 is 0. The van der Waals surface area contributed by atoms with E-state index in [1.807, 2.05) is 0 Å². The molecule has 7 heteroatoms. The van der Waals surface area contributed by atoms with Crippen molar-refractivity contribution in [1.29, 1.82) is 0 Å². The first-order valence-electron chi connectivity index (χ1n) is 7.11. The van der Waals surface area contributed by atoms with Crippen LogP contribution in [0.1, 0.15) is 25.7 Å². The smallest absolute Gasteiger partial charge is 0.243 e. The van der Waals surface area contributed by atoms with Crippen LogP contribution in [0.4, 0.5) is 11.4 Å². The van der Waals surface area contributed by atoms with E-state index in [2.05, 4.69) is 5.32 Å². The van der Waals surface area contributed by atoms with Crippen LogP contribution in [0.3, 0.4) is 0 Å². The van der Waals surface area contributed by atoms with Gasteiger partial charge in [0, 0.05) is 18.7 Å². The Kier molecular flexibility index (Phi) is 6.98. The summed E-state index contributed by atoms with van der Waals surface area (Å²) in [4.78, 5) is 25.5. The molecule has 2 rings (SSSR count). The Hall–Kier alpha value is -1.95.